The van der Waals surface area contributed by atoms with Gasteiger partial charge in [0.25, 0.3) is 0 Å². The number of anilines is 1. The fraction of sp³-hybridized carbons (Fsp3) is 0.435. The maximum Gasteiger partial charge on any atom is 0.224 e. The predicted octanol–water partition coefficient (Wildman–Crippen LogP) is 3.98. The maximum absolute atomic E-state index is 11.4. The average Bonchev–Trinajstić information content (AvgIpc) is 2.73. The van der Waals surface area contributed by atoms with Crippen molar-refractivity contribution < 1.29 is 14.6 Å². The van der Waals surface area contributed by atoms with Gasteiger partial charge in [-0.25, -0.2) is 0 Å². The van der Waals surface area contributed by atoms with Gasteiger partial charge in [0.15, 0.2) is 0 Å². The van der Waals surface area contributed by atoms with E-state index in [1.807, 2.05) is 42.5 Å². The van der Waals surface area contributed by atoms with E-state index in [2.05, 4.69) is 10.2 Å². The monoisotopic (exact) mass is 414 g/mol. The lowest BCUT2D eigenvalue weighted by atomic mass is 9.84. The summed E-state index contributed by atoms with van der Waals surface area (Å²) >= 11 is 5.96. The number of rotatable bonds is 6. The van der Waals surface area contributed by atoms with E-state index in [-0.39, 0.29) is 5.91 Å². The van der Waals surface area contributed by atoms with E-state index in [1.165, 1.54) is 0 Å². The van der Waals surface area contributed by atoms with Crippen LogP contribution in [0.25, 0.3) is 0 Å². The number of likely N-dealkylation sites (tertiary alicyclic amines) is 1. The van der Waals surface area contributed by atoms with Crippen molar-refractivity contribution in [1.82, 2.24) is 4.90 Å². The molecule has 2 aliphatic rings. The van der Waals surface area contributed by atoms with Gasteiger partial charge < -0.3 is 20.1 Å². The van der Waals surface area contributed by atoms with Crippen molar-refractivity contribution in [1.29, 1.82) is 0 Å². The summed E-state index contributed by atoms with van der Waals surface area (Å²) in [6.07, 6.45) is 3.70. The summed E-state index contributed by atoms with van der Waals surface area (Å²) < 4.78 is 5.91. The number of hydrogen-bond acceptors (Lipinski definition) is 4. The molecular weight excluding hydrogens is 388 g/mol. The third kappa shape index (κ3) is 4.92. The number of piperidine rings is 1. The highest BCUT2D eigenvalue weighted by atomic mass is 35.5. The number of nitrogens with one attached hydrogen (secondary N) is 1. The topological polar surface area (TPSA) is 61.8 Å². The van der Waals surface area contributed by atoms with Crippen LogP contribution in [0, 0.1) is 0 Å². The van der Waals surface area contributed by atoms with Gasteiger partial charge in [-0.1, -0.05) is 23.7 Å². The van der Waals surface area contributed by atoms with Crippen molar-refractivity contribution >= 4 is 23.2 Å². The van der Waals surface area contributed by atoms with Gasteiger partial charge in [-0.3, -0.25) is 4.79 Å². The summed E-state index contributed by atoms with van der Waals surface area (Å²) in [4.78, 5) is 13.8. The molecule has 2 aromatic rings. The first kappa shape index (κ1) is 20.2. The number of halogens is 1. The second kappa shape index (κ2) is 8.74. The molecule has 4 rings (SSSR count). The Kier molecular flexibility index (Phi) is 6.09. The van der Waals surface area contributed by atoms with Gasteiger partial charge in [0, 0.05) is 36.8 Å². The van der Waals surface area contributed by atoms with E-state index in [0.717, 1.165) is 67.9 Å². The maximum atomic E-state index is 11.4. The van der Waals surface area contributed by atoms with Gasteiger partial charge in [-0.15, -0.1) is 0 Å². The third-order valence-corrected chi connectivity index (χ3v) is 6.18. The second-order valence-corrected chi connectivity index (χ2v) is 8.39. The number of aliphatic hydroxyl groups is 1. The zero-order valence-electron chi connectivity index (χ0n) is 16.5. The average molecular weight is 415 g/mol. The zero-order valence-corrected chi connectivity index (χ0v) is 17.3. The minimum Gasteiger partial charge on any atom is -0.494 e. The van der Waals surface area contributed by atoms with Crippen molar-refractivity contribution in [3.63, 3.8) is 0 Å². The normalized spacial score (nSPS) is 18.8. The van der Waals surface area contributed by atoms with E-state index in [9.17, 15) is 9.90 Å². The van der Waals surface area contributed by atoms with Gasteiger partial charge in [0.1, 0.15) is 5.75 Å². The Hall–Kier alpha value is -2.08. The van der Waals surface area contributed by atoms with Gasteiger partial charge >= 0.3 is 0 Å². The highest BCUT2D eigenvalue weighted by molar-refractivity contribution is 6.30. The van der Waals surface area contributed by atoms with Crippen molar-refractivity contribution in [3.8, 4) is 5.75 Å². The fourth-order valence-corrected chi connectivity index (χ4v) is 4.25. The van der Waals surface area contributed by atoms with Gasteiger partial charge in [0.2, 0.25) is 5.91 Å². The minimum atomic E-state index is -0.754. The van der Waals surface area contributed by atoms with Gasteiger partial charge in [-0.05, 0) is 67.1 Å². The highest BCUT2D eigenvalue weighted by Crippen LogP contribution is 2.33. The van der Waals surface area contributed by atoms with Crippen LogP contribution in [0.15, 0.2) is 42.5 Å². The lowest BCUT2D eigenvalue weighted by molar-refractivity contribution is -0.116. The van der Waals surface area contributed by atoms with Crippen LogP contribution in [-0.2, 0) is 16.8 Å². The molecule has 1 amide bonds. The molecule has 2 heterocycles. The van der Waals surface area contributed by atoms with Crippen LogP contribution < -0.4 is 10.1 Å². The first-order valence-electron chi connectivity index (χ1n) is 10.3. The van der Waals surface area contributed by atoms with Crippen LogP contribution in [0.2, 0.25) is 5.02 Å². The zero-order chi connectivity index (χ0) is 20.3. The third-order valence-electron chi connectivity index (χ3n) is 5.92. The number of fused-ring (bicyclic) bond motifs is 1. The van der Waals surface area contributed by atoms with Gasteiger partial charge in [0.05, 0.1) is 12.2 Å². The van der Waals surface area contributed by atoms with Crippen molar-refractivity contribution in [2.45, 2.75) is 37.7 Å². The smallest absolute Gasteiger partial charge is 0.224 e. The quantitative estimate of drug-likeness (QED) is 0.702. The molecule has 154 valence electrons. The van der Waals surface area contributed by atoms with Crippen LogP contribution >= 0.6 is 11.6 Å². The van der Waals surface area contributed by atoms with E-state index in [4.69, 9.17) is 16.3 Å². The SMILES string of the molecule is O=C1CCc2cc(OCCCN3CCC(O)(c4ccc(Cl)cc4)CC3)ccc2N1. The van der Waals surface area contributed by atoms with E-state index in [1.54, 1.807) is 0 Å². The molecule has 1 fully saturated rings. The molecule has 2 aliphatic heterocycles. The number of nitrogens with zero attached hydrogens (tertiary/aromatic N) is 1. The molecule has 0 aromatic heterocycles. The molecule has 0 spiro atoms. The minimum absolute atomic E-state index is 0.0793. The summed E-state index contributed by atoms with van der Waals surface area (Å²) in [7, 11) is 0. The Labute approximate surface area is 176 Å². The number of aryl methyl sites for hydroxylation is 1. The van der Waals surface area contributed by atoms with Crippen LogP contribution in [0.5, 0.6) is 5.75 Å². The molecule has 0 aliphatic carbocycles. The van der Waals surface area contributed by atoms with Crippen molar-refractivity contribution in [3.05, 3.63) is 58.6 Å². The van der Waals surface area contributed by atoms with Crippen LogP contribution in [0.3, 0.4) is 0 Å². The molecule has 29 heavy (non-hydrogen) atoms. The summed E-state index contributed by atoms with van der Waals surface area (Å²) in [5.74, 6) is 0.936. The molecule has 2 N–H and O–H groups in total. The number of hydrogen-bond donors (Lipinski definition) is 2. The molecule has 0 radical (unpaired) electrons. The van der Waals surface area contributed by atoms with Crippen molar-refractivity contribution in [2.24, 2.45) is 0 Å². The molecular formula is C23H27ClN2O3. The predicted molar refractivity (Wildman–Crippen MR) is 115 cm³/mol. The Morgan fingerprint density at radius 3 is 2.62 bits per heavy atom. The molecule has 0 atom stereocenters. The number of carbonyl (C=O) groups excluding carboxylic acids is 1. The number of benzene rings is 2. The number of carbonyl (C=O) groups is 1. The van der Waals surface area contributed by atoms with E-state index < -0.39 is 5.60 Å². The molecule has 5 nitrogen and oxygen atoms in total. The lowest BCUT2D eigenvalue weighted by Crippen LogP contribution is -2.43. The largest absolute Gasteiger partial charge is 0.494 e. The van der Waals surface area contributed by atoms with Crippen molar-refractivity contribution in [2.75, 3.05) is 31.6 Å². The Morgan fingerprint density at radius 2 is 1.86 bits per heavy atom. The molecule has 0 unspecified atom stereocenters. The van der Waals surface area contributed by atoms with Gasteiger partial charge in [-0.2, -0.15) is 0 Å². The van der Waals surface area contributed by atoms with E-state index in [0.29, 0.717) is 18.1 Å². The summed E-state index contributed by atoms with van der Waals surface area (Å²) in [5, 5.41) is 14.5. The second-order valence-electron chi connectivity index (χ2n) is 7.95. The molecule has 0 bridgehead atoms. The Morgan fingerprint density at radius 1 is 1.10 bits per heavy atom. The van der Waals surface area contributed by atoms with Crippen LogP contribution in [0.1, 0.15) is 36.8 Å². The lowest BCUT2D eigenvalue weighted by Gasteiger charge is -2.38. The summed E-state index contributed by atoms with van der Waals surface area (Å²) in [6, 6.07) is 13.4. The van der Waals surface area contributed by atoms with Crippen LogP contribution in [0.4, 0.5) is 5.69 Å². The molecule has 0 saturated carbocycles. The molecule has 1 saturated heterocycles. The Balaban J connectivity index is 1.20. The summed E-state index contributed by atoms with van der Waals surface area (Å²) in [6.45, 7) is 3.36. The summed E-state index contributed by atoms with van der Waals surface area (Å²) in [5.41, 5.74) is 2.24. The molecule has 2 aromatic carbocycles. The van der Waals surface area contributed by atoms with Crippen LogP contribution in [-0.4, -0.2) is 42.2 Å². The highest BCUT2D eigenvalue weighted by Gasteiger charge is 2.33. The molecule has 6 heteroatoms. The van der Waals surface area contributed by atoms with E-state index >= 15 is 0 Å². The Bertz CT molecular complexity index is 861. The first-order valence-corrected chi connectivity index (χ1v) is 10.7. The fourth-order valence-electron chi connectivity index (χ4n) is 4.12. The standard InChI is InChI=1S/C23H27ClN2O3/c24-19-5-3-18(4-6-19)23(28)10-13-26(14-11-23)12-1-15-29-20-7-8-21-17(16-20)2-9-22(27)25-21/h3-8,16,28H,1-2,9-15H2,(H,25,27). The first-order chi connectivity index (χ1) is 14.0. The number of ether oxygens (including phenoxy) is 1. The number of amides is 1.